The molecule has 4 atom stereocenters. The number of fused-ring (bicyclic) bond motifs is 1. The van der Waals surface area contributed by atoms with Crippen LogP contribution in [0.15, 0.2) is 12.3 Å². The van der Waals surface area contributed by atoms with E-state index in [0.717, 1.165) is 35.7 Å². The molecule has 28 heavy (non-hydrogen) atoms. The molecule has 0 aromatic carbocycles. The van der Waals surface area contributed by atoms with Gasteiger partial charge in [-0.25, -0.2) is 9.50 Å². The zero-order valence-electron chi connectivity index (χ0n) is 17.2. The molecule has 0 bridgehead atoms. The van der Waals surface area contributed by atoms with Crippen molar-refractivity contribution in [2.24, 2.45) is 11.3 Å². The van der Waals surface area contributed by atoms with Crippen LogP contribution in [0.25, 0.3) is 5.65 Å². The van der Waals surface area contributed by atoms with Gasteiger partial charge in [0.15, 0.2) is 5.65 Å². The molecule has 1 unspecified atom stereocenters. The number of hydrogen-bond donors (Lipinski definition) is 2. The zero-order chi connectivity index (χ0) is 20.1. The molecule has 4 heterocycles. The van der Waals surface area contributed by atoms with Crippen molar-refractivity contribution in [2.75, 3.05) is 18.0 Å². The summed E-state index contributed by atoms with van der Waals surface area (Å²) in [6.07, 6.45) is 4.88. The number of nitriles is 1. The third kappa shape index (κ3) is 3.25. The van der Waals surface area contributed by atoms with Gasteiger partial charge in [-0.2, -0.15) is 10.4 Å². The van der Waals surface area contributed by atoms with Crippen molar-refractivity contribution in [1.29, 1.82) is 5.26 Å². The van der Waals surface area contributed by atoms with E-state index < -0.39 is 12.0 Å². The SMILES string of the molecule is Cc1cn2nc([C@@H]3CCCCN3)cc2nc1N1C[C@H](O)[C@H](C#N)C1C(C)(C)C. The first-order chi connectivity index (χ1) is 13.3. The Morgan fingerprint density at radius 3 is 2.75 bits per heavy atom. The van der Waals surface area contributed by atoms with Crippen molar-refractivity contribution in [1.82, 2.24) is 19.9 Å². The van der Waals surface area contributed by atoms with Crippen LogP contribution in [0.2, 0.25) is 0 Å². The van der Waals surface area contributed by atoms with E-state index in [4.69, 9.17) is 10.1 Å². The van der Waals surface area contributed by atoms with Gasteiger partial charge in [0.1, 0.15) is 5.82 Å². The summed E-state index contributed by atoms with van der Waals surface area (Å²) in [5.74, 6) is 0.414. The van der Waals surface area contributed by atoms with Gasteiger partial charge in [0.25, 0.3) is 0 Å². The average Bonchev–Trinajstić information content (AvgIpc) is 3.21. The Morgan fingerprint density at radius 1 is 1.32 bits per heavy atom. The number of piperidine rings is 1. The Labute approximate surface area is 166 Å². The second-order valence-corrected chi connectivity index (χ2v) is 9.31. The van der Waals surface area contributed by atoms with Gasteiger partial charge >= 0.3 is 0 Å². The minimum absolute atomic E-state index is 0.0939. The van der Waals surface area contributed by atoms with Crippen LogP contribution < -0.4 is 10.2 Å². The number of aromatic nitrogens is 3. The van der Waals surface area contributed by atoms with Crippen LogP contribution in [0.5, 0.6) is 0 Å². The number of rotatable bonds is 2. The lowest BCUT2D eigenvalue weighted by atomic mass is 9.79. The lowest BCUT2D eigenvalue weighted by Crippen LogP contribution is -2.43. The highest BCUT2D eigenvalue weighted by Crippen LogP contribution is 2.40. The van der Waals surface area contributed by atoms with E-state index in [9.17, 15) is 10.4 Å². The third-order valence-electron chi connectivity index (χ3n) is 6.07. The first-order valence-electron chi connectivity index (χ1n) is 10.2. The van der Waals surface area contributed by atoms with Gasteiger partial charge in [-0.05, 0) is 31.7 Å². The van der Waals surface area contributed by atoms with Crippen LogP contribution in [0.1, 0.15) is 57.3 Å². The van der Waals surface area contributed by atoms with Gasteiger partial charge in [0.2, 0.25) is 0 Å². The molecule has 2 aliphatic heterocycles. The lowest BCUT2D eigenvalue weighted by Gasteiger charge is -2.37. The summed E-state index contributed by atoms with van der Waals surface area (Å²) in [5, 5.41) is 28.5. The maximum Gasteiger partial charge on any atom is 0.157 e. The maximum absolute atomic E-state index is 10.5. The molecule has 2 saturated heterocycles. The zero-order valence-corrected chi connectivity index (χ0v) is 17.2. The number of hydrogen-bond acceptors (Lipinski definition) is 6. The Hall–Kier alpha value is -2.17. The molecule has 0 spiro atoms. The molecular formula is C21H30N6O. The summed E-state index contributed by atoms with van der Waals surface area (Å²) in [7, 11) is 0. The van der Waals surface area contributed by atoms with Gasteiger partial charge in [0, 0.05) is 24.4 Å². The van der Waals surface area contributed by atoms with Crippen LogP contribution in [0.4, 0.5) is 5.82 Å². The molecule has 2 fully saturated rings. The van der Waals surface area contributed by atoms with Gasteiger partial charge in [0.05, 0.1) is 35.9 Å². The minimum Gasteiger partial charge on any atom is -0.390 e. The molecule has 2 aromatic rings. The van der Waals surface area contributed by atoms with Crippen molar-refractivity contribution in [3.63, 3.8) is 0 Å². The summed E-state index contributed by atoms with van der Waals surface area (Å²) in [6.45, 7) is 9.83. The average molecular weight is 383 g/mol. The summed E-state index contributed by atoms with van der Waals surface area (Å²) in [4.78, 5) is 7.04. The van der Waals surface area contributed by atoms with Crippen molar-refractivity contribution in [2.45, 2.75) is 65.1 Å². The monoisotopic (exact) mass is 382 g/mol. The summed E-state index contributed by atoms with van der Waals surface area (Å²) < 4.78 is 1.85. The van der Waals surface area contributed by atoms with E-state index in [1.54, 1.807) is 0 Å². The molecule has 0 radical (unpaired) electrons. The Morgan fingerprint density at radius 2 is 2.11 bits per heavy atom. The number of aliphatic hydroxyl groups excluding tert-OH is 1. The van der Waals surface area contributed by atoms with Crippen molar-refractivity contribution >= 4 is 11.5 Å². The number of aliphatic hydroxyl groups is 1. The van der Waals surface area contributed by atoms with Crippen LogP contribution in [-0.4, -0.2) is 44.9 Å². The fraction of sp³-hybridized carbons (Fsp3) is 0.667. The highest BCUT2D eigenvalue weighted by molar-refractivity contribution is 5.56. The van der Waals surface area contributed by atoms with Gasteiger partial charge in [-0.1, -0.05) is 27.2 Å². The van der Waals surface area contributed by atoms with Crippen LogP contribution in [0.3, 0.4) is 0 Å². The molecule has 0 aliphatic carbocycles. The second kappa shape index (κ2) is 7.02. The van der Waals surface area contributed by atoms with Crippen LogP contribution in [0, 0.1) is 29.6 Å². The van der Waals surface area contributed by atoms with Crippen LogP contribution >= 0.6 is 0 Å². The summed E-state index contributed by atoms with van der Waals surface area (Å²) in [5.41, 5.74) is 2.69. The number of anilines is 1. The predicted octanol–water partition coefficient (Wildman–Crippen LogP) is 2.59. The topological polar surface area (TPSA) is 89.5 Å². The Bertz CT molecular complexity index is 902. The molecule has 2 N–H and O–H groups in total. The van der Waals surface area contributed by atoms with Crippen molar-refractivity contribution in [3.05, 3.63) is 23.5 Å². The lowest BCUT2D eigenvalue weighted by molar-refractivity contribution is 0.146. The highest BCUT2D eigenvalue weighted by Gasteiger charge is 2.48. The number of β-amino-alcohol motifs (C(OH)–C–C–N with tert-alkyl or cyclic N) is 1. The molecule has 7 heteroatoms. The largest absolute Gasteiger partial charge is 0.390 e. The molecular weight excluding hydrogens is 352 g/mol. The van der Waals surface area contributed by atoms with E-state index in [0.29, 0.717) is 6.54 Å². The van der Waals surface area contributed by atoms with E-state index in [1.165, 1.54) is 12.8 Å². The summed E-state index contributed by atoms with van der Waals surface area (Å²) in [6, 6.07) is 4.59. The van der Waals surface area contributed by atoms with Crippen LogP contribution in [-0.2, 0) is 0 Å². The molecule has 2 aromatic heterocycles. The molecule has 4 rings (SSSR count). The molecule has 7 nitrogen and oxygen atoms in total. The second-order valence-electron chi connectivity index (χ2n) is 9.31. The molecule has 2 aliphatic rings. The predicted molar refractivity (Wildman–Crippen MR) is 108 cm³/mol. The Kier molecular flexibility index (Phi) is 4.80. The van der Waals surface area contributed by atoms with Gasteiger partial charge < -0.3 is 15.3 Å². The van der Waals surface area contributed by atoms with E-state index in [2.05, 4.69) is 43.1 Å². The highest BCUT2D eigenvalue weighted by atomic mass is 16.3. The fourth-order valence-corrected chi connectivity index (χ4v) is 4.80. The first kappa shape index (κ1) is 19.2. The van der Waals surface area contributed by atoms with Crippen molar-refractivity contribution in [3.8, 4) is 6.07 Å². The van der Waals surface area contributed by atoms with Crippen molar-refractivity contribution < 1.29 is 5.11 Å². The number of nitrogens with zero attached hydrogens (tertiary/aromatic N) is 5. The van der Waals surface area contributed by atoms with E-state index in [-0.39, 0.29) is 17.5 Å². The van der Waals surface area contributed by atoms with Gasteiger partial charge in [-0.3, -0.25) is 0 Å². The fourth-order valence-electron chi connectivity index (χ4n) is 4.80. The van der Waals surface area contributed by atoms with E-state index in [1.807, 2.05) is 17.6 Å². The van der Waals surface area contributed by atoms with E-state index >= 15 is 0 Å². The van der Waals surface area contributed by atoms with Gasteiger partial charge in [-0.15, -0.1) is 0 Å². The normalized spacial score (nSPS) is 28.6. The first-order valence-corrected chi connectivity index (χ1v) is 10.2. The maximum atomic E-state index is 10.5. The standard InChI is InChI=1S/C21H30N6O/c1-13-11-27-18(9-16(25-27)15-7-5-6-8-23-15)24-20(13)26-12-17(28)14(10-22)19(26)21(2,3)4/h9,11,14-15,17,19,23,28H,5-8,12H2,1-4H3/t14-,15-,17-,19?/m0/s1. The third-order valence-corrected chi connectivity index (χ3v) is 6.07. The molecule has 0 amide bonds. The number of aryl methyl sites for hydroxylation is 1. The Balaban J connectivity index is 1.73. The summed E-state index contributed by atoms with van der Waals surface area (Å²) >= 11 is 0. The molecule has 0 saturated carbocycles. The smallest absolute Gasteiger partial charge is 0.157 e. The number of nitrogens with one attached hydrogen (secondary N) is 1. The minimum atomic E-state index is -0.668. The molecule has 150 valence electrons. The quantitative estimate of drug-likeness (QED) is 0.830.